The molecule has 0 bridgehead atoms. The number of piperazine rings is 1. The molecule has 1 saturated carbocycles. The molecule has 146 valence electrons. The molecule has 3 aromatic rings. The van der Waals surface area contributed by atoms with E-state index in [1.54, 1.807) is 6.20 Å². The van der Waals surface area contributed by atoms with Crippen LogP contribution in [0.3, 0.4) is 0 Å². The Morgan fingerprint density at radius 3 is 2.50 bits per heavy atom. The molecule has 0 unspecified atom stereocenters. The van der Waals surface area contributed by atoms with E-state index in [1.165, 1.54) is 6.07 Å². The van der Waals surface area contributed by atoms with Crippen molar-refractivity contribution in [2.24, 2.45) is 0 Å². The summed E-state index contributed by atoms with van der Waals surface area (Å²) in [4.78, 5) is 17.3. The number of aromatic nitrogens is 6. The Morgan fingerprint density at radius 2 is 1.79 bits per heavy atom. The van der Waals surface area contributed by atoms with E-state index in [1.807, 2.05) is 22.4 Å². The molecule has 8 nitrogen and oxygen atoms in total. The van der Waals surface area contributed by atoms with Crippen LogP contribution in [-0.2, 0) is 0 Å². The van der Waals surface area contributed by atoms with Gasteiger partial charge in [-0.1, -0.05) is 0 Å². The Balaban J connectivity index is 1.37. The highest BCUT2D eigenvalue weighted by atomic mass is 19.3. The first kappa shape index (κ1) is 17.2. The average molecular weight is 386 g/mol. The van der Waals surface area contributed by atoms with Crippen molar-refractivity contribution in [2.45, 2.75) is 32.1 Å². The molecule has 10 heteroatoms. The molecule has 2 aliphatic rings. The van der Waals surface area contributed by atoms with Crippen molar-refractivity contribution in [1.82, 2.24) is 29.5 Å². The van der Waals surface area contributed by atoms with Crippen LogP contribution in [0.25, 0.3) is 5.65 Å². The molecular weight excluding hydrogens is 366 g/mol. The molecule has 0 atom stereocenters. The molecule has 28 heavy (non-hydrogen) atoms. The van der Waals surface area contributed by atoms with Gasteiger partial charge in [-0.3, -0.25) is 4.40 Å². The Morgan fingerprint density at radius 1 is 1.04 bits per heavy atom. The normalized spacial score (nSPS) is 17.7. The third-order valence-corrected chi connectivity index (χ3v) is 5.30. The van der Waals surface area contributed by atoms with Crippen LogP contribution in [0, 0.1) is 6.92 Å². The fourth-order valence-corrected chi connectivity index (χ4v) is 3.57. The molecule has 0 radical (unpaired) electrons. The van der Waals surface area contributed by atoms with Crippen LogP contribution in [0.1, 0.15) is 42.5 Å². The highest BCUT2D eigenvalue weighted by molar-refractivity contribution is 5.64. The van der Waals surface area contributed by atoms with E-state index in [9.17, 15) is 8.78 Å². The number of aryl methyl sites for hydroxylation is 1. The summed E-state index contributed by atoms with van der Waals surface area (Å²) in [7, 11) is 0. The van der Waals surface area contributed by atoms with E-state index in [0.717, 1.165) is 30.1 Å². The van der Waals surface area contributed by atoms with E-state index >= 15 is 0 Å². The topological polar surface area (TPSA) is 75.3 Å². The summed E-state index contributed by atoms with van der Waals surface area (Å²) < 4.78 is 28.5. The van der Waals surface area contributed by atoms with Crippen molar-refractivity contribution in [3.63, 3.8) is 0 Å². The van der Waals surface area contributed by atoms with Gasteiger partial charge in [0, 0.05) is 50.6 Å². The highest BCUT2D eigenvalue weighted by Gasteiger charge is 2.30. The van der Waals surface area contributed by atoms with Crippen LogP contribution in [0.4, 0.5) is 20.4 Å². The van der Waals surface area contributed by atoms with Crippen LogP contribution >= 0.6 is 0 Å². The first-order valence-electron chi connectivity index (χ1n) is 9.43. The zero-order valence-electron chi connectivity index (χ0n) is 15.5. The van der Waals surface area contributed by atoms with Crippen molar-refractivity contribution in [3.05, 3.63) is 35.8 Å². The monoisotopic (exact) mass is 386 g/mol. The molecule has 0 spiro atoms. The molecule has 0 aromatic carbocycles. The number of fused-ring (bicyclic) bond motifs is 1. The zero-order chi connectivity index (χ0) is 19.3. The zero-order valence-corrected chi connectivity index (χ0v) is 15.5. The molecule has 4 heterocycles. The first-order valence-corrected chi connectivity index (χ1v) is 9.43. The van der Waals surface area contributed by atoms with Crippen LogP contribution in [0.2, 0.25) is 0 Å². The highest BCUT2D eigenvalue weighted by Crippen LogP contribution is 2.39. The molecule has 1 aliphatic carbocycles. The Bertz CT molecular complexity index is 988. The van der Waals surface area contributed by atoms with Gasteiger partial charge in [-0.25, -0.2) is 23.7 Å². The molecule has 0 amide bonds. The maximum atomic E-state index is 13.3. The lowest BCUT2D eigenvalue weighted by Crippen LogP contribution is -2.47. The number of hydrogen-bond acceptors (Lipinski definition) is 7. The van der Waals surface area contributed by atoms with E-state index in [2.05, 4.69) is 30.0 Å². The first-order chi connectivity index (χ1) is 13.6. The lowest BCUT2D eigenvalue weighted by Gasteiger charge is -2.36. The minimum Gasteiger partial charge on any atom is -0.353 e. The number of alkyl halides is 2. The molecule has 0 N–H and O–H groups in total. The van der Waals surface area contributed by atoms with Gasteiger partial charge in [0.1, 0.15) is 23.2 Å². The second-order valence-corrected chi connectivity index (χ2v) is 7.25. The predicted molar refractivity (Wildman–Crippen MR) is 98.9 cm³/mol. The van der Waals surface area contributed by atoms with Gasteiger partial charge in [-0.05, 0) is 19.8 Å². The summed E-state index contributed by atoms with van der Waals surface area (Å²) in [6.07, 6.45) is 2.96. The number of rotatable bonds is 4. The third kappa shape index (κ3) is 3.02. The van der Waals surface area contributed by atoms with Gasteiger partial charge in [-0.2, -0.15) is 0 Å². The van der Waals surface area contributed by atoms with Crippen LogP contribution in [-0.4, -0.2) is 55.7 Å². The molecule has 3 aromatic heterocycles. The van der Waals surface area contributed by atoms with Gasteiger partial charge in [0.25, 0.3) is 6.43 Å². The van der Waals surface area contributed by atoms with Gasteiger partial charge in [0.05, 0.1) is 0 Å². The van der Waals surface area contributed by atoms with E-state index in [4.69, 9.17) is 0 Å². The minimum atomic E-state index is -2.58. The summed E-state index contributed by atoms with van der Waals surface area (Å²) in [5.74, 6) is 2.98. The molecular formula is C18H20F2N8. The summed E-state index contributed by atoms with van der Waals surface area (Å²) in [5.41, 5.74) is 0.547. The van der Waals surface area contributed by atoms with Gasteiger partial charge < -0.3 is 9.80 Å². The van der Waals surface area contributed by atoms with Crippen molar-refractivity contribution in [3.8, 4) is 0 Å². The minimum absolute atomic E-state index is 0.181. The van der Waals surface area contributed by atoms with Crippen LogP contribution in [0.15, 0.2) is 18.5 Å². The fourth-order valence-electron chi connectivity index (χ4n) is 3.57. The van der Waals surface area contributed by atoms with Gasteiger partial charge in [0.15, 0.2) is 5.82 Å². The SMILES string of the molecule is Cc1nnc2c(N3CCN(c4cc(C(F)F)nc(C5CC5)n4)CC3)nccn12. The maximum Gasteiger partial charge on any atom is 0.280 e. The molecule has 5 rings (SSSR count). The molecule has 2 fully saturated rings. The Hall–Kier alpha value is -2.91. The summed E-state index contributed by atoms with van der Waals surface area (Å²) in [6.45, 7) is 4.63. The van der Waals surface area contributed by atoms with Crippen LogP contribution in [0.5, 0.6) is 0 Å². The quantitative estimate of drug-likeness (QED) is 0.681. The Kier molecular flexibility index (Phi) is 4.06. The van der Waals surface area contributed by atoms with Crippen molar-refractivity contribution >= 4 is 17.3 Å². The summed E-state index contributed by atoms with van der Waals surface area (Å²) >= 11 is 0. The lowest BCUT2D eigenvalue weighted by molar-refractivity contribution is 0.145. The average Bonchev–Trinajstić information content (AvgIpc) is 3.51. The van der Waals surface area contributed by atoms with E-state index in [0.29, 0.717) is 37.8 Å². The lowest BCUT2D eigenvalue weighted by atomic mass is 10.2. The smallest absolute Gasteiger partial charge is 0.280 e. The number of hydrogen-bond donors (Lipinski definition) is 0. The number of halogens is 2. The molecule has 1 aliphatic heterocycles. The van der Waals surface area contributed by atoms with Gasteiger partial charge >= 0.3 is 0 Å². The van der Waals surface area contributed by atoms with Crippen molar-refractivity contribution in [2.75, 3.05) is 36.0 Å². The van der Waals surface area contributed by atoms with Crippen LogP contribution < -0.4 is 9.80 Å². The fraction of sp³-hybridized carbons (Fsp3) is 0.500. The third-order valence-electron chi connectivity index (χ3n) is 5.30. The standard InChI is InChI=1S/C18H20F2N8/c1-11-24-25-18-17(21-4-5-28(11)18)27-8-6-26(7-9-27)14-10-13(15(19)20)22-16(23-14)12-2-3-12/h4-5,10,12,15H,2-3,6-9H2,1H3. The molecule has 1 saturated heterocycles. The second kappa shape index (κ2) is 6.61. The van der Waals surface area contributed by atoms with Gasteiger partial charge in [-0.15, -0.1) is 10.2 Å². The number of anilines is 2. The maximum absolute atomic E-state index is 13.3. The second-order valence-electron chi connectivity index (χ2n) is 7.25. The number of nitrogens with zero attached hydrogens (tertiary/aromatic N) is 8. The van der Waals surface area contributed by atoms with Gasteiger partial charge in [0.2, 0.25) is 5.65 Å². The predicted octanol–water partition coefficient (Wildman–Crippen LogP) is 2.36. The Labute approximate surface area is 160 Å². The summed E-state index contributed by atoms with van der Waals surface area (Å²) in [5, 5.41) is 8.35. The largest absolute Gasteiger partial charge is 0.353 e. The summed E-state index contributed by atoms with van der Waals surface area (Å²) in [6, 6.07) is 1.42. The van der Waals surface area contributed by atoms with E-state index < -0.39 is 6.43 Å². The van der Waals surface area contributed by atoms with Crippen molar-refractivity contribution in [1.29, 1.82) is 0 Å². The van der Waals surface area contributed by atoms with E-state index in [-0.39, 0.29) is 11.6 Å². The van der Waals surface area contributed by atoms with Crippen molar-refractivity contribution < 1.29 is 8.78 Å².